The topological polar surface area (TPSA) is 70.1 Å². The lowest BCUT2D eigenvalue weighted by molar-refractivity contribution is -0.149. The van der Waals surface area contributed by atoms with Gasteiger partial charge in [0.15, 0.2) is 0 Å². The number of fused-ring (bicyclic) bond motifs is 1. The molecule has 2 heterocycles. The number of hydrogen-bond donors (Lipinski definition) is 1. The molecule has 2 saturated heterocycles. The molecule has 2 aliphatic heterocycles. The van der Waals surface area contributed by atoms with Gasteiger partial charge in [0.05, 0.1) is 13.0 Å². The first-order valence-corrected chi connectivity index (χ1v) is 8.33. The molecule has 23 heavy (non-hydrogen) atoms. The maximum atomic E-state index is 12.2. The summed E-state index contributed by atoms with van der Waals surface area (Å²) >= 11 is 0. The van der Waals surface area contributed by atoms with Crippen molar-refractivity contribution in [3.05, 3.63) is 11.6 Å². The fourth-order valence-corrected chi connectivity index (χ4v) is 3.57. The van der Waals surface area contributed by atoms with Crippen molar-refractivity contribution in [2.24, 2.45) is 11.3 Å². The summed E-state index contributed by atoms with van der Waals surface area (Å²) < 4.78 is 5.22. The van der Waals surface area contributed by atoms with Gasteiger partial charge in [0, 0.05) is 45.2 Å². The van der Waals surface area contributed by atoms with Crippen LogP contribution in [0.15, 0.2) is 11.6 Å². The van der Waals surface area contributed by atoms with Gasteiger partial charge in [0.1, 0.15) is 5.41 Å². The molecule has 0 bridgehead atoms. The molecule has 6 heteroatoms. The Morgan fingerprint density at radius 3 is 2.61 bits per heavy atom. The minimum atomic E-state index is -0.809. The Hall–Kier alpha value is -1.40. The number of rotatable bonds is 7. The quantitative estimate of drug-likeness (QED) is 0.563. The van der Waals surface area contributed by atoms with Gasteiger partial charge >= 0.3 is 5.97 Å². The standard InChI is InChI=1S/C17H28N2O4/c1-4-23-8-6-15(20)19-10-14-9-18(7-5-13(2)3)11-17(14,12-19)16(21)22/h5,14H,4,6-12H2,1-3H3,(H,21,22)/t14-,17-/m1/s1. The lowest BCUT2D eigenvalue weighted by Crippen LogP contribution is -2.42. The molecule has 0 spiro atoms. The molecule has 6 nitrogen and oxygen atoms in total. The summed E-state index contributed by atoms with van der Waals surface area (Å²) in [5, 5.41) is 9.78. The van der Waals surface area contributed by atoms with Crippen LogP contribution in [0.5, 0.6) is 0 Å². The summed E-state index contributed by atoms with van der Waals surface area (Å²) in [5.41, 5.74) is 0.427. The van der Waals surface area contributed by atoms with Crippen LogP contribution in [-0.4, -0.2) is 72.7 Å². The first-order valence-electron chi connectivity index (χ1n) is 8.33. The zero-order valence-corrected chi connectivity index (χ0v) is 14.4. The molecule has 2 atom stereocenters. The fraction of sp³-hybridized carbons (Fsp3) is 0.765. The van der Waals surface area contributed by atoms with E-state index in [4.69, 9.17) is 4.74 Å². The average molecular weight is 324 g/mol. The Balaban J connectivity index is 1.99. The number of aliphatic carboxylic acids is 1. The third kappa shape index (κ3) is 3.93. The van der Waals surface area contributed by atoms with Crippen molar-refractivity contribution in [2.75, 3.05) is 45.9 Å². The maximum absolute atomic E-state index is 12.2. The number of amides is 1. The minimum Gasteiger partial charge on any atom is -0.481 e. The van der Waals surface area contributed by atoms with Crippen LogP contribution < -0.4 is 0 Å². The van der Waals surface area contributed by atoms with E-state index in [0.717, 1.165) is 13.1 Å². The van der Waals surface area contributed by atoms with Gasteiger partial charge in [-0.1, -0.05) is 11.6 Å². The predicted molar refractivity (Wildman–Crippen MR) is 87.1 cm³/mol. The largest absolute Gasteiger partial charge is 0.481 e. The molecule has 2 rings (SSSR count). The summed E-state index contributed by atoms with van der Waals surface area (Å²) in [6.07, 6.45) is 2.46. The van der Waals surface area contributed by atoms with Crippen LogP contribution in [0.3, 0.4) is 0 Å². The van der Waals surface area contributed by atoms with Gasteiger partial charge in [-0.05, 0) is 20.8 Å². The van der Waals surface area contributed by atoms with E-state index in [9.17, 15) is 14.7 Å². The van der Waals surface area contributed by atoms with Gasteiger partial charge in [-0.15, -0.1) is 0 Å². The van der Waals surface area contributed by atoms with Gasteiger partial charge in [0.25, 0.3) is 0 Å². The Labute approximate surface area is 138 Å². The van der Waals surface area contributed by atoms with Gasteiger partial charge < -0.3 is 14.7 Å². The second-order valence-corrected chi connectivity index (χ2v) is 6.85. The number of carboxylic acids is 1. The second kappa shape index (κ2) is 7.45. The zero-order valence-electron chi connectivity index (χ0n) is 14.4. The average Bonchev–Trinajstić information content (AvgIpc) is 3.00. The van der Waals surface area contributed by atoms with E-state index in [1.807, 2.05) is 20.8 Å². The second-order valence-electron chi connectivity index (χ2n) is 6.85. The Morgan fingerprint density at radius 2 is 2.04 bits per heavy atom. The number of nitrogens with zero attached hydrogens (tertiary/aromatic N) is 2. The molecule has 0 unspecified atom stereocenters. The van der Waals surface area contributed by atoms with E-state index in [-0.39, 0.29) is 11.8 Å². The van der Waals surface area contributed by atoms with Crippen LogP contribution in [-0.2, 0) is 14.3 Å². The van der Waals surface area contributed by atoms with E-state index in [0.29, 0.717) is 39.3 Å². The summed E-state index contributed by atoms with van der Waals surface area (Å²) in [5.74, 6) is -0.756. The summed E-state index contributed by atoms with van der Waals surface area (Å²) in [4.78, 5) is 28.1. The molecule has 2 aliphatic rings. The Bertz CT molecular complexity index is 487. The molecule has 2 fully saturated rings. The molecular formula is C17H28N2O4. The van der Waals surface area contributed by atoms with Gasteiger partial charge in [0.2, 0.25) is 5.91 Å². The van der Waals surface area contributed by atoms with Crippen molar-refractivity contribution < 1.29 is 19.4 Å². The zero-order chi connectivity index (χ0) is 17.0. The number of ether oxygens (including phenoxy) is 1. The number of likely N-dealkylation sites (tertiary alicyclic amines) is 2. The number of hydrogen-bond acceptors (Lipinski definition) is 4. The first-order chi connectivity index (χ1) is 10.9. The van der Waals surface area contributed by atoms with Gasteiger partial charge in [-0.3, -0.25) is 14.5 Å². The summed E-state index contributed by atoms with van der Waals surface area (Å²) in [7, 11) is 0. The van der Waals surface area contributed by atoms with Crippen molar-refractivity contribution in [3.63, 3.8) is 0 Å². The highest BCUT2D eigenvalue weighted by atomic mass is 16.5. The van der Waals surface area contributed by atoms with Crippen LogP contribution in [0.4, 0.5) is 0 Å². The highest BCUT2D eigenvalue weighted by Gasteiger charge is 2.58. The Morgan fingerprint density at radius 1 is 1.30 bits per heavy atom. The first kappa shape index (κ1) is 17.9. The minimum absolute atomic E-state index is 0.00400. The molecular weight excluding hydrogens is 296 g/mol. The molecule has 1 N–H and O–H groups in total. The van der Waals surface area contributed by atoms with Crippen molar-refractivity contribution >= 4 is 11.9 Å². The number of carboxylic acid groups (broad SMARTS) is 1. The lowest BCUT2D eigenvalue weighted by atomic mass is 9.81. The SMILES string of the molecule is CCOCCC(=O)N1C[C@H]2CN(CC=C(C)C)C[C@@]2(C(=O)O)C1. The molecule has 0 aromatic carbocycles. The van der Waals surface area contributed by atoms with Crippen LogP contribution in [0.25, 0.3) is 0 Å². The highest BCUT2D eigenvalue weighted by molar-refractivity contribution is 5.81. The third-order valence-electron chi connectivity index (χ3n) is 4.88. The van der Waals surface area contributed by atoms with Crippen LogP contribution >= 0.6 is 0 Å². The van der Waals surface area contributed by atoms with Gasteiger partial charge in [-0.25, -0.2) is 0 Å². The monoisotopic (exact) mass is 324 g/mol. The van der Waals surface area contributed by atoms with Crippen molar-refractivity contribution in [1.82, 2.24) is 9.80 Å². The molecule has 0 aliphatic carbocycles. The van der Waals surface area contributed by atoms with Crippen molar-refractivity contribution in [1.29, 1.82) is 0 Å². The molecule has 0 aromatic heterocycles. The number of carbonyl (C=O) groups is 2. The van der Waals surface area contributed by atoms with Crippen LogP contribution in [0.1, 0.15) is 27.2 Å². The molecule has 130 valence electrons. The fourth-order valence-electron chi connectivity index (χ4n) is 3.57. The van der Waals surface area contributed by atoms with E-state index in [1.54, 1.807) is 4.90 Å². The van der Waals surface area contributed by atoms with Gasteiger partial charge in [-0.2, -0.15) is 0 Å². The lowest BCUT2D eigenvalue weighted by Gasteiger charge is -2.25. The van der Waals surface area contributed by atoms with Crippen LogP contribution in [0, 0.1) is 11.3 Å². The van der Waals surface area contributed by atoms with E-state index in [1.165, 1.54) is 5.57 Å². The van der Waals surface area contributed by atoms with E-state index >= 15 is 0 Å². The maximum Gasteiger partial charge on any atom is 0.313 e. The van der Waals surface area contributed by atoms with E-state index < -0.39 is 11.4 Å². The van der Waals surface area contributed by atoms with Crippen molar-refractivity contribution in [3.8, 4) is 0 Å². The number of allylic oxidation sites excluding steroid dienone is 1. The summed E-state index contributed by atoms with van der Waals surface area (Å²) in [6.45, 7) is 9.89. The van der Waals surface area contributed by atoms with Crippen molar-refractivity contribution in [2.45, 2.75) is 27.2 Å². The molecule has 0 saturated carbocycles. The molecule has 1 amide bonds. The summed E-state index contributed by atoms with van der Waals surface area (Å²) in [6, 6.07) is 0. The third-order valence-corrected chi connectivity index (χ3v) is 4.88. The molecule has 0 aromatic rings. The van der Waals surface area contributed by atoms with Crippen LogP contribution in [0.2, 0.25) is 0 Å². The highest BCUT2D eigenvalue weighted by Crippen LogP contribution is 2.42. The van der Waals surface area contributed by atoms with E-state index in [2.05, 4.69) is 11.0 Å². The smallest absolute Gasteiger partial charge is 0.313 e. The predicted octanol–water partition coefficient (Wildman–Crippen LogP) is 1.22. The molecule has 0 radical (unpaired) electrons. The number of carbonyl (C=O) groups excluding carboxylic acids is 1. The Kier molecular flexibility index (Phi) is 5.81. The normalized spacial score (nSPS) is 27.1.